The fourth-order valence-electron chi connectivity index (χ4n) is 3.53. The summed E-state index contributed by atoms with van der Waals surface area (Å²) in [5, 5.41) is 14.8. The summed E-state index contributed by atoms with van der Waals surface area (Å²) in [7, 11) is 0. The van der Waals surface area contributed by atoms with Crippen LogP contribution in [0.1, 0.15) is 16.1 Å². The molecule has 166 valence electrons. The molecule has 1 fully saturated rings. The smallest absolute Gasteiger partial charge is 0.317 e. The van der Waals surface area contributed by atoms with E-state index in [1.54, 1.807) is 4.90 Å². The Hall–Kier alpha value is -3.30. The van der Waals surface area contributed by atoms with Crippen LogP contribution in [0.25, 0.3) is 0 Å². The topological polar surface area (TPSA) is 90.5 Å². The van der Waals surface area contributed by atoms with Gasteiger partial charge in [-0.05, 0) is 11.1 Å². The molecule has 0 aliphatic carbocycles. The molecule has 3 amide bonds. The van der Waals surface area contributed by atoms with Crippen LogP contribution in [0.15, 0.2) is 60.7 Å². The van der Waals surface area contributed by atoms with Gasteiger partial charge in [0, 0.05) is 39.1 Å². The van der Waals surface area contributed by atoms with E-state index >= 15 is 0 Å². The Morgan fingerprint density at radius 3 is 2.22 bits per heavy atom. The highest BCUT2D eigenvalue weighted by molar-refractivity contribution is 7.15. The van der Waals surface area contributed by atoms with Gasteiger partial charge in [-0.2, -0.15) is 0 Å². The molecular formula is C23H26N6O2S. The number of nitrogens with one attached hydrogen (secondary N) is 2. The van der Waals surface area contributed by atoms with Gasteiger partial charge in [-0.3, -0.25) is 15.0 Å². The van der Waals surface area contributed by atoms with E-state index in [4.69, 9.17) is 0 Å². The molecule has 9 heteroatoms. The molecular weight excluding hydrogens is 424 g/mol. The maximum absolute atomic E-state index is 12.4. The lowest BCUT2D eigenvalue weighted by atomic mass is 10.2. The summed E-state index contributed by atoms with van der Waals surface area (Å²) in [4.78, 5) is 28.7. The number of hydrogen-bond donors (Lipinski definition) is 2. The molecule has 8 nitrogen and oxygen atoms in total. The van der Waals surface area contributed by atoms with E-state index in [1.807, 2.05) is 48.5 Å². The third kappa shape index (κ3) is 6.35. The van der Waals surface area contributed by atoms with Gasteiger partial charge in [-0.1, -0.05) is 72.0 Å². The van der Waals surface area contributed by atoms with Crippen LogP contribution in [-0.4, -0.2) is 64.7 Å². The number of carbonyl (C=O) groups excluding carboxylic acids is 2. The quantitative estimate of drug-likeness (QED) is 0.578. The van der Waals surface area contributed by atoms with Crippen molar-refractivity contribution in [2.45, 2.75) is 13.0 Å². The van der Waals surface area contributed by atoms with Crippen molar-refractivity contribution in [3.63, 3.8) is 0 Å². The summed E-state index contributed by atoms with van der Waals surface area (Å²) < 4.78 is 0. The zero-order chi connectivity index (χ0) is 22.2. The van der Waals surface area contributed by atoms with Crippen LogP contribution in [0.5, 0.6) is 0 Å². The maximum atomic E-state index is 12.4. The number of anilines is 1. The van der Waals surface area contributed by atoms with E-state index in [0.29, 0.717) is 24.6 Å². The van der Waals surface area contributed by atoms with Gasteiger partial charge >= 0.3 is 6.03 Å². The largest absolute Gasteiger partial charge is 0.329 e. The molecule has 4 rings (SSSR count). The Labute approximate surface area is 191 Å². The molecule has 1 aliphatic rings. The van der Waals surface area contributed by atoms with E-state index < -0.39 is 0 Å². The van der Waals surface area contributed by atoms with Crippen LogP contribution in [0.3, 0.4) is 0 Å². The van der Waals surface area contributed by atoms with Crippen molar-refractivity contribution < 1.29 is 9.59 Å². The van der Waals surface area contributed by atoms with Crippen molar-refractivity contribution in [3.05, 3.63) is 76.8 Å². The fourth-order valence-corrected chi connectivity index (χ4v) is 4.32. The Kier molecular flexibility index (Phi) is 7.42. The van der Waals surface area contributed by atoms with Gasteiger partial charge in [0.05, 0.1) is 6.54 Å². The summed E-state index contributed by atoms with van der Waals surface area (Å²) in [6.07, 6.45) is 0.668. The van der Waals surface area contributed by atoms with Crippen LogP contribution >= 0.6 is 11.3 Å². The first kappa shape index (κ1) is 21.9. The third-order valence-corrected chi connectivity index (χ3v) is 6.06. The molecule has 3 aromatic rings. The summed E-state index contributed by atoms with van der Waals surface area (Å²) in [5.41, 5.74) is 2.41. The second kappa shape index (κ2) is 10.8. The zero-order valence-corrected chi connectivity index (χ0v) is 18.6. The van der Waals surface area contributed by atoms with Gasteiger partial charge in [-0.15, -0.1) is 10.2 Å². The van der Waals surface area contributed by atoms with Gasteiger partial charge in [-0.25, -0.2) is 4.79 Å². The molecule has 1 saturated heterocycles. The predicted octanol–water partition coefficient (Wildman–Crippen LogP) is 2.59. The van der Waals surface area contributed by atoms with Gasteiger partial charge < -0.3 is 10.2 Å². The van der Waals surface area contributed by atoms with Crippen molar-refractivity contribution in [3.8, 4) is 0 Å². The second-order valence-corrected chi connectivity index (χ2v) is 8.68. The van der Waals surface area contributed by atoms with Crippen molar-refractivity contribution in [1.29, 1.82) is 0 Å². The Morgan fingerprint density at radius 1 is 0.875 bits per heavy atom. The maximum Gasteiger partial charge on any atom is 0.317 e. The van der Waals surface area contributed by atoms with Gasteiger partial charge in [0.1, 0.15) is 5.01 Å². The number of benzene rings is 2. The summed E-state index contributed by atoms with van der Waals surface area (Å²) >= 11 is 1.34. The Bertz CT molecular complexity index is 1020. The molecule has 0 radical (unpaired) electrons. The van der Waals surface area contributed by atoms with E-state index in [0.717, 1.165) is 30.2 Å². The Balaban J connectivity index is 1.16. The molecule has 0 unspecified atom stereocenters. The second-order valence-electron chi connectivity index (χ2n) is 7.62. The van der Waals surface area contributed by atoms with Gasteiger partial charge in [0.2, 0.25) is 11.0 Å². The van der Waals surface area contributed by atoms with E-state index in [1.165, 1.54) is 16.9 Å². The van der Waals surface area contributed by atoms with Crippen LogP contribution in [-0.2, 0) is 17.8 Å². The average Bonchev–Trinajstić information content (AvgIpc) is 3.26. The summed E-state index contributed by atoms with van der Waals surface area (Å²) in [6.45, 7) is 3.68. The van der Waals surface area contributed by atoms with Crippen molar-refractivity contribution in [1.82, 2.24) is 25.3 Å². The molecule has 2 N–H and O–H groups in total. The number of carbonyl (C=O) groups is 2. The average molecular weight is 451 g/mol. The Morgan fingerprint density at radius 2 is 1.53 bits per heavy atom. The molecule has 1 aromatic heterocycles. The van der Waals surface area contributed by atoms with E-state index in [2.05, 4.69) is 37.9 Å². The lowest BCUT2D eigenvalue weighted by molar-refractivity contribution is -0.115. The molecule has 0 bridgehead atoms. The van der Waals surface area contributed by atoms with Gasteiger partial charge in [0.25, 0.3) is 0 Å². The van der Waals surface area contributed by atoms with Crippen molar-refractivity contribution in [2.75, 3.05) is 38.0 Å². The number of nitrogens with zero attached hydrogens (tertiary/aromatic N) is 4. The highest BCUT2D eigenvalue weighted by Crippen LogP contribution is 2.18. The number of rotatable bonds is 7. The summed E-state index contributed by atoms with van der Waals surface area (Å²) in [5.74, 6) is -0.316. The minimum absolute atomic E-state index is 0.101. The first-order valence-corrected chi connectivity index (χ1v) is 11.4. The van der Waals surface area contributed by atoms with E-state index in [-0.39, 0.29) is 18.5 Å². The third-order valence-electron chi connectivity index (χ3n) is 5.22. The van der Waals surface area contributed by atoms with E-state index in [9.17, 15) is 9.59 Å². The standard InChI is InChI=1S/C23H26N6O2S/c30-20(25-22-27-26-21(32-22)15-18-7-3-1-4-8-18)16-24-23(31)29-13-11-28(12-14-29)17-19-9-5-2-6-10-19/h1-10H,11-17H2,(H,24,31)(H,25,27,30). The molecule has 32 heavy (non-hydrogen) atoms. The van der Waals surface area contributed by atoms with Crippen molar-refractivity contribution in [2.24, 2.45) is 0 Å². The predicted molar refractivity (Wildman–Crippen MR) is 124 cm³/mol. The monoisotopic (exact) mass is 450 g/mol. The van der Waals surface area contributed by atoms with Crippen LogP contribution in [0.4, 0.5) is 9.93 Å². The fraction of sp³-hybridized carbons (Fsp3) is 0.304. The highest BCUT2D eigenvalue weighted by Gasteiger charge is 2.21. The first-order valence-electron chi connectivity index (χ1n) is 10.6. The minimum atomic E-state index is -0.316. The normalized spacial score (nSPS) is 14.2. The lowest BCUT2D eigenvalue weighted by Crippen LogP contribution is -2.52. The molecule has 0 saturated carbocycles. The number of piperazine rings is 1. The number of hydrogen-bond acceptors (Lipinski definition) is 6. The molecule has 0 spiro atoms. The SMILES string of the molecule is O=C(CNC(=O)N1CCN(Cc2ccccc2)CC1)Nc1nnc(Cc2ccccc2)s1. The summed E-state index contributed by atoms with van der Waals surface area (Å²) in [6, 6.07) is 20.1. The molecule has 2 aromatic carbocycles. The number of amides is 3. The molecule has 0 atom stereocenters. The molecule has 1 aliphatic heterocycles. The van der Waals surface area contributed by atoms with Crippen LogP contribution in [0.2, 0.25) is 0 Å². The van der Waals surface area contributed by atoms with Crippen LogP contribution in [0, 0.1) is 0 Å². The lowest BCUT2D eigenvalue weighted by Gasteiger charge is -2.34. The number of aromatic nitrogens is 2. The highest BCUT2D eigenvalue weighted by atomic mass is 32.1. The zero-order valence-electron chi connectivity index (χ0n) is 17.7. The number of urea groups is 1. The first-order chi connectivity index (χ1) is 15.7. The van der Waals surface area contributed by atoms with Gasteiger partial charge in [0.15, 0.2) is 0 Å². The van der Waals surface area contributed by atoms with Crippen molar-refractivity contribution >= 4 is 28.4 Å². The molecule has 2 heterocycles. The van der Waals surface area contributed by atoms with Crippen LogP contribution < -0.4 is 10.6 Å². The minimum Gasteiger partial charge on any atom is -0.329 e.